The quantitative estimate of drug-likeness (QED) is 0.567. The number of benzene rings is 3. The van der Waals surface area contributed by atoms with E-state index in [4.69, 9.17) is 4.74 Å². The minimum Gasteiger partial charge on any atom is -0.496 e. The van der Waals surface area contributed by atoms with Crippen LogP contribution in [0.15, 0.2) is 77.7 Å². The van der Waals surface area contributed by atoms with Gasteiger partial charge in [0.25, 0.3) is 0 Å². The number of hydrogen-bond donors (Lipinski definition) is 0. The first kappa shape index (κ1) is 14.7. The number of thioether (sulfide) groups is 1. The Balaban J connectivity index is 2.11. The first-order chi connectivity index (χ1) is 10.8. The van der Waals surface area contributed by atoms with Crippen LogP contribution in [0.5, 0.6) is 5.75 Å². The highest BCUT2D eigenvalue weighted by atomic mass is 32.2. The van der Waals surface area contributed by atoms with Gasteiger partial charge in [0.05, 0.1) is 7.11 Å². The number of ether oxygens (including phenoxy) is 1. The lowest BCUT2D eigenvalue weighted by atomic mass is 9.98. The van der Waals surface area contributed by atoms with E-state index < -0.39 is 0 Å². The molecule has 3 aromatic rings. The molecule has 0 aliphatic rings. The average Bonchev–Trinajstić information content (AvgIpc) is 2.62. The lowest BCUT2D eigenvalue weighted by molar-refractivity contribution is 0.416. The van der Waals surface area contributed by atoms with Crippen molar-refractivity contribution in [1.82, 2.24) is 0 Å². The van der Waals surface area contributed by atoms with Gasteiger partial charge in [-0.1, -0.05) is 48.5 Å². The number of methoxy groups -OCH3 is 1. The average molecular weight is 306 g/mol. The largest absolute Gasteiger partial charge is 0.496 e. The van der Waals surface area contributed by atoms with Gasteiger partial charge >= 0.3 is 0 Å². The molecule has 3 aromatic carbocycles. The topological polar surface area (TPSA) is 9.23 Å². The van der Waals surface area contributed by atoms with E-state index in [9.17, 15) is 0 Å². The zero-order valence-corrected chi connectivity index (χ0v) is 13.6. The van der Waals surface area contributed by atoms with Crippen molar-refractivity contribution in [3.05, 3.63) is 72.8 Å². The molecule has 0 amide bonds. The fourth-order valence-corrected chi connectivity index (χ4v) is 2.99. The summed E-state index contributed by atoms with van der Waals surface area (Å²) in [5.41, 5.74) is 4.72. The smallest absolute Gasteiger partial charge is 0.126 e. The van der Waals surface area contributed by atoms with Crippen molar-refractivity contribution in [2.75, 3.05) is 13.4 Å². The Hall–Kier alpha value is -2.19. The monoisotopic (exact) mass is 306 g/mol. The van der Waals surface area contributed by atoms with Crippen LogP contribution in [0.2, 0.25) is 0 Å². The molecule has 0 fully saturated rings. The molecule has 0 heterocycles. The van der Waals surface area contributed by atoms with Crippen LogP contribution < -0.4 is 4.74 Å². The van der Waals surface area contributed by atoms with E-state index in [0.29, 0.717) is 0 Å². The number of hydrogen-bond acceptors (Lipinski definition) is 2. The molecule has 0 aliphatic heterocycles. The maximum Gasteiger partial charge on any atom is 0.126 e. The van der Waals surface area contributed by atoms with Crippen molar-refractivity contribution in [3.8, 4) is 28.0 Å². The Labute approximate surface area is 136 Å². The summed E-state index contributed by atoms with van der Waals surface area (Å²) < 4.78 is 5.53. The molecule has 0 saturated heterocycles. The molecule has 0 atom stereocenters. The fourth-order valence-electron chi connectivity index (χ4n) is 2.53. The minimum atomic E-state index is 0.899. The third kappa shape index (κ3) is 3.02. The summed E-state index contributed by atoms with van der Waals surface area (Å²) in [5.74, 6) is 0.899. The third-order valence-electron chi connectivity index (χ3n) is 3.69. The van der Waals surface area contributed by atoms with Crippen LogP contribution in [0.25, 0.3) is 22.3 Å². The zero-order valence-electron chi connectivity index (χ0n) is 12.7. The van der Waals surface area contributed by atoms with E-state index in [1.807, 2.05) is 12.1 Å². The molecule has 0 aromatic heterocycles. The Morgan fingerprint density at radius 1 is 0.727 bits per heavy atom. The normalized spacial score (nSPS) is 10.5. The van der Waals surface area contributed by atoms with Crippen LogP contribution in [0.1, 0.15) is 0 Å². The van der Waals surface area contributed by atoms with E-state index in [-0.39, 0.29) is 0 Å². The molecule has 0 N–H and O–H groups in total. The molecular formula is C20H18OS. The molecule has 2 heteroatoms. The van der Waals surface area contributed by atoms with Crippen molar-refractivity contribution in [3.63, 3.8) is 0 Å². The maximum absolute atomic E-state index is 5.53. The van der Waals surface area contributed by atoms with E-state index in [0.717, 1.165) is 11.3 Å². The van der Waals surface area contributed by atoms with Crippen LogP contribution in [-0.4, -0.2) is 13.4 Å². The van der Waals surface area contributed by atoms with Crippen molar-refractivity contribution < 1.29 is 4.74 Å². The lowest BCUT2D eigenvalue weighted by Crippen LogP contribution is -1.89. The fraction of sp³-hybridized carbons (Fsp3) is 0.100. The molecule has 0 radical (unpaired) electrons. The third-order valence-corrected chi connectivity index (χ3v) is 4.41. The Bertz CT molecular complexity index is 766. The standard InChI is InChI=1S/C20H18OS/c1-21-20-12-11-17(16-9-6-10-18(13-16)22-2)14-19(20)15-7-4-3-5-8-15/h3-14H,1-2H3. The van der Waals surface area contributed by atoms with Crippen molar-refractivity contribution in [2.24, 2.45) is 0 Å². The highest BCUT2D eigenvalue weighted by molar-refractivity contribution is 7.98. The predicted molar refractivity (Wildman–Crippen MR) is 95.6 cm³/mol. The summed E-state index contributed by atoms with van der Waals surface area (Å²) in [5, 5.41) is 0. The molecule has 0 unspecified atom stereocenters. The first-order valence-corrected chi connectivity index (χ1v) is 8.42. The summed E-state index contributed by atoms with van der Waals surface area (Å²) in [7, 11) is 1.72. The van der Waals surface area contributed by atoms with Crippen LogP contribution in [-0.2, 0) is 0 Å². The summed E-state index contributed by atoms with van der Waals surface area (Å²) in [4.78, 5) is 1.27. The van der Waals surface area contributed by atoms with Gasteiger partial charge in [-0.25, -0.2) is 0 Å². The van der Waals surface area contributed by atoms with E-state index in [1.165, 1.54) is 21.6 Å². The maximum atomic E-state index is 5.53. The molecule has 0 saturated carbocycles. The predicted octanol–water partition coefficient (Wildman–Crippen LogP) is 5.75. The van der Waals surface area contributed by atoms with Gasteiger partial charge < -0.3 is 4.74 Å². The summed E-state index contributed by atoms with van der Waals surface area (Å²) in [6.07, 6.45) is 2.10. The van der Waals surface area contributed by atoms with Crippen LogP contribution >= 0.6 is 11.8 Å². The van der Waals surface area contributed by atoms with Crippen molar-refractivity contribution in [2.45, 2.75) is 4.90 Å². The highest BCUT2D eigenvalue weighted by Crippen LogP contribution is 2.34. The van der Waals surface area contributed by atoms with E-state index in [2.05, 4.69) is 66.9 Å². The van der Waals surface area contributed by atoms with Crippen molar-refractivity contribution >= 4 is 11.8 Å². The molecule has 0 spiro atoms. The second-order valence-corrected chi connectivity index (χ2v) is 5.89. The molecule has 22 heavy (non-hydrogen) atoms. The van der Waals surface area contributed by atoms with Gasteiger partial charge in [-0.15, -0.1) is 11.8 Å². The van der Waals surface area contributed by atoms with Crippen LogP contribution in [0, 0.1) is 0 Å². The Morgan fingerprint density at radius 3 is 2.18 bits per heavy atom. The summed E-state index contributed by atoms with van der Waals surface area (Å²) >= 11 is 1.76. The zero-order chi connectivity index (χ0) is 15.4. The first-order valence-electron chi connectivity index (χ1n) is 7.19. The second kappa shape index (κ2) is 6.71. The summed E-state index contributed by atoms with van der Waals surface area (Å²) in [6.45, 7) is 0. The van der Waals surface area contributed by atoms with Gasteiger partial charge in [-0.3, -0.25) is 0 Å². The highest BCUT2D eigenvalue weighted by Gasteiger charge is 2.08. The molecule has 1 nitrogen and oxygen atoms in total. The second-order valence-electron chi connectivity index (χ2n) is 5.01. The molecule has 110 valence electrons. The van der Waals surface area contributed by atoms with Gasteiger partial charge in [0.1, 0.15) is 5.75 Å². The van der Waals surface area contributed by atoms with Gasteiger partial charge in [0, 0.05) is 10.5 Å². The molecular weight excluding hydrogens is 288 g/mol. The summed E-state index contributed by atoms with van der Waals surface area (Å²) in [6, 6.07) is 25.3. The van der Waals surface area contributed by atoms with E-state index >= 15 is 0 Å². The number of rotatable bonds is 4. The van der Waals surface area contributed by atoms with Gasteiger partial charge in [-0.05, 0) is 47.2 Å². The van der Waals surface area contributed by atoms with Gasteiger partial charge in [-0.2, -0.15) is 0 Å². The molecule has 3 rings (SSSR count). The lowest BCUT2D eigenvalue weighted by Gasteiger charge is -2.12. The SMILES string of the molecule is COc1ccc(-c2cccc(SC)c2)cc1-c1ccccc1. The molecule has 0 aliphatic carbocycles. The van der Waals surface area contributed by atoms with Crippen molar-refractivity contribution in [1.29, 1.82) is 0 Å². The minimum absolute atomic E-state index is 0.899. The van der Waals surface area contributed by atoms with Crippen LogP contribution in [0.4, 0.5) is 0 Å². The Kier molecular flexibility index (Phi) is 4.50. The molecule has 0 bridgehead atoms. The van der Waals surface area contributed by atoms with Gasteiger partial charge in [0.15, 0.2) is 0 Å². The van der Waals surface area contributed by atoms with Crippen LogP contribution in [0.3, 0.4) is 0 Å². The Morgan fingerprint density at radius 2 is 1.45 bits per heavy atom. The van der Waals surface area contributed by atoms with E-state index in [1.54, 1.807) is 18.9 Å². The van der Waals surface area contributed by atoms with Gasteiger partial charge in [0.2, 0.25) is 0 Å².